The van der Waals surface area contributed by atoms with Crippen LogP contribution in [0.1, 0.15) is 24.5 Å². The van der Waals surface area contributed by atoms with Gasteiger partial charge in [-0.25, -0.2) is 0 Å². The van der Waals surface area contributed by atoms with Gasteiger partial charge >= 0.3 is 0 Å². The Morgan fingerprint density at radius 2 is 2.18 bits per heavy atom. The second-order valence-corrected chi connectivity index (χ2v) is 3.08. The van der Waals surface area contributed by atoms with Gasteiger partial charge in [-0.05, 0) is 25.0 Å². The second kappa shape index (κ2) is 2.62. The van der Waals surface area contributed by atoms with Crippen molar-refractivity contribution in [1.29, 1.82) is 0 Å². The molecule has 1 heterocycles. The maximum atomic E-state index is 9.05. The van der Waals surface area contributed by atoms with E-state index >= 15 is 0 Å². The molecular formula is C9H11NO. The van der Waals surface area contributed by atoms with Crippen molar-refractivity contribution in [2.75, 3.05) is 0 Å². The number of pyridine rings is 1. The smallest absolute Gasteiger partial charge is 0.0553 e. The molecule has 0 amide bonds. The molecule has 0 bridgehead atoms. The SMILES string of the molecule is OC1CC(c2ccccn2)C1. The van der Waals surface area contributed by atoms with Crippen LogP contribution in [0.3, 0.4) is 0 Å². The molecule has 1 fully saturated rings. The predicted octanol–water partition coefficient (Wildman–Crippen LogP) is 1.32. The first-order valence-corrected chi connectivity index (χ1v) is 3.95. The summed E-state index contributed by atoms with van der Waals surface area (Å²) in [5.74, 6) is 0.506. The number of aromatic nitrogens is 1. The molecule has 1 aromatic rings. The van der Waals surface area contributed by atoms with Crippen molar-refractivity contribution in [1.82, 2.24) is 4.98 Å². The highest BCUT2D eigenvalue weighted by atomic mass is 16.3. The summed E-state index contributed by atoms with van der Waals surface area (Å²) in [6.45, 7) is 0. The molecule has 1 saturated carbocycles. The topological polar surface area (TPSA) is 33.1 Å². The van der Waals surface area contributed by atoms with E-state index in [-0.39, 0.29) is 6.10 Å². The largest absolute Gasteiger partial charge is 0.393 e. The van der Waals surface area contributed by atoms with Gasteiger partial charge in [0.25, 0.3) is 0 Å². The molecule has 0 aliphatic heterocycles. The lowest BCUT2D eigenvalue weighted by Crippen LogP contribution is -2.26. The number of hydrogen-bond donors (Lipinski definition) is 1. The van der Waals surface area contributed by atoms with Crippen LogP contribution in [0.25, 0.3) is 0 Å². The van der Waals surface area contributed by atoms with E-state index in [2.05, 4.69) is 4.98 Å². The van der Waals surface area contributed by atoms with E-state index < -0.39 is 0 Å². The first-order valence-electron chi connectivity index (χ1n) is 3.95. The summed E-state index contributed by atoms with van der Waals surface area (Å²) >= 11 is 0. The summed E-state index contributed by atoms with van der Waals surface area (Å²) in [6, 6.07) is 5.93. The fraction of sp³-hybridized carbons (Fsp3) is 0.444. The summed E-state index contributed by atoms with van der Waals surface area (Å²) in [6.07, 6.45) is 3.50. The third kappa shape index (κ3) is 1.26. The van der Waals surface area contributed by atoms with Gasteiger partial charge in [-0.2, -0.15) is 0 Å². The van der Waals surface area contributed by atoms with Crippen LogP contribution < -0.4 is 0 Å². The van der Waals surface area contributed by atoms with Crippen LogP contribution in [0.2, 0.25) is 0 Å². The standard InChI is InChI=1S/C9H11NO/c11-8-5-7(6-8)9-3-1-2-4-10-9/h1-4,7-8,11H,5-6H2. The molecule has 0 atom stereocenters. The lowest BCUT2D eigenvalue weighted by Gasteiger charge is -2.30. The van der Waals surface area contributed by atoms with Crippen molar-refractivity contribution in [2.24, 2.45) is 0 Å². The quantitative estimate of drug-likeness (QED) is 0.653. The normalized spacial score (nSPS) is 29.5. The first-order chi connectivity index (χ1) is 5.36. The minimum atomic E-state index is -0.0815. The molecule has 1 aliphatic carbocycles. The van der Waals surface area contributed by atoms with E-state index in [1.54, 1.807) is 6.20 Å². The molecule has 1 aliphatic rings. The maximum absolute atomic E-state index is 9.05. The number of aliphatic hydroxyl groups excluding tert-OH is 1. The number of aliphatic hydroxyl groups is 1. The highest BCUT2D eigenvalue weighted by Crippen LogP contribution is 2.35. The maximum Gasteiger partial charge on any atom is 0.0553 e. The Balaban J connectivity index is 2.08. The Hall–Kier alpha value is -0.890. The Labute approximate surface area is 65.9 Å². The summed E-state index contributed by atoms with van der Waals surface area (Å²) < 4.78 is 0. The molecule has 58 valence electrons. The van der Waals surface area contributed by atoms with Crippen LogP contribution in [-0.4, -0.2) is 16.2 Å². The Morgan fingerprint density at radius 3 is 2.73 bits per heavy atom. The zero-order valence-electron chi connectivity index (χ0n) is 6.27. The first kappa shape index (κ1) is 6.80. The molecule has 2 heteroatoms. The average molecular weight is 149 g/mol. The van der Waals surface area contributed by atoms with E-state index in [9.17, 15) is 0 Å². The van der Waals surface area contributed by atoms with Gasteiger partial charge in [0.1, 0.15) is 0 Å². The van der Waals surface area contributed by atoms with Crippen molar-refractivity contribution >= 4 is 0 Å². The molecule has 11 heavy (non-hydrogen) atoms. The molecule has 0 aromatic carbocycles. The average Bonchev–Trinajstić information content (AvgIpc) is 2.01. The lowest BCUT2D eigenvalue weighted by atomic mass is 9.80. The second-order valence-electron chi connectivity index (χ2n) is 3.08. The van der Waals surface area contributed by atoms with E-state index in [1.807, 2.05) is 18.2 Å². The summed E-state index contributed by atoms with van der Waals surface area (Å²) in [5.41, 5.74) is 1.12. The van der Waals surface area contributed by atoms with Gasteiger partial charge in [-0.1, -0.05) is 6.07 Å². The third-order valence-corrected chi connectivity index (χ3v) is 2.22. The number of nitrogens with zero attached hydrogens (tertiary/aromatic N) is 1. The molecule has 0 unspecified atom stereocenters. The zero-order chi connectivity index (χ0) is 7.68. The van der Waals surface area contributed by atoms with Crippen molar-refractivity contribution < 1.29 is 5.11 Å². The molecule has 0 saturated heterocycles. The van der Waals surface area contributed by atoms with E-state index in [0.717, 1.165) is 18.5 Å². The fourth-order valence-corrected chi connectivity index (χ4v) is 1.45. The Kier molecular flexibility index (Phi) is 1.62. The molecule has 0 radical (unpaired) electrons. The van der Waals surface area contributed by atoms with Crippen LogP contribution in [-0.2, 0) is 0 Å². The molecule has 1 N–H and O–H groups in total. The minimum absolute atomic E-state index is 0.0815. The summed E-state index contributed by atoms with van der Waals surface area (Å²) in [5, 5.41) is 9.05. The summed E-state index contributed by atoms with van der Waals surface area (Å²) in [7, 11) is 0. The number of rotatable bonds is 1. The van der Waals surface area contributed by atoms with Gasteiger partial charge in [0.15, 0.2) is 0 Å². The highest BCUT2D eigenvalue weighted by Gasteiger charge is 2.28. The fourth-order valence-electron chi connectivity index (χ4n) is 1.45. The van der Waals surface area contributed by atoms with E-state index in [0.29, 0.717) is 5.92 Å². The highest BCUT2D eigenvalue weighted by molar-refractivity contribution is 5.13. The summed E-state index contributed by atoms with van der Waals surface area (Å²) in [4.78, 5) is 4.22. The van der Waals surface area contributed by atoms with Crippen LogP contribution in [0, 0.1) is 0 Å². The van der Waals surface area contributed by atoms with Crippen molar-refractivity contribution in [3.8, 4) is 0 Å². The van der Waals surface area contributed by atoms with Crippen LogP contribution in [0.5, 0.6) is 0 Å². The van der Waals surface area contributed by atoms with Gasteiger partial charge in [-0.3, -0.25) is 4.98 Å². The zero-order valence-corrected chi connectivity index (χ0v) is 6.27. The molecular weight excluding hydrogens is 138 g/mol. The monoisotopic (exact) mass is 149 g/mol. The van der Waals surface area contributed by atoms with Crippen molar-refractivity contribution in [2.45, 2.75) is 24.9 Å². The molecule has 0 spiro atoms. The van der Waals surface area contributed by atoms with Gasteiger partial charge in [0.2, 0.25) is 0 Å². The number of hydrogen-bond acceptors (Lipinski definition) is 2. The van der Waals surface area contributed by atoms with E-state index in [4.69, 9.17) is 5.11 Å². The van der Waals surface area contributed by atoms with Crippen LogP contribution in [0.4, 0.5) is 0 Å². The predicted molar refractivity (Wildman–Crippen MR) is 42.2 cm³/mol. The van der Waals surface area contributed by atoms with E-state index in [1.165, 1.54) is 0 Å². The van der Waals surface area contributed by atoms with Gasteiger partial charge in [-0.15, -0.1) is 0 Å². The van der Waals surface area contributed by atoms with Crippen LogP contribution in [0.15, 0.2) is 24.4 Å². The Bertz CT molecular complexity index is 229. The lowest BCUT2D eigenvalue weighted by molar-refractivity contribution is 0.0732. The molecule has 2 rings (SSSR count). The molecule has 1 aromatic heterocycles. The Morgan fingerprint density at radius 1 is 1.36 bits per heavy atom. The van der Waals surface area contributed by atoms with Crippen molar-refractivity contribution in [3.05, 3.63) is 30.1 Å². The molecule has 2 nitrogen and oxygen atoms in total. The minimum Gasteiger partial charge on any atom is -0.393 e. The van der Waals surface area contributed by atoms with Gasteiger partial charge in [0, 0.05) is 17.8 Å². The van der Waals surface area contributed by atoms with Crippen LogP contribution >= 0.6 is 0 Å². The third-order valence-electron chi connectivity index (χ3n) is 2.22. The van der Waals surface area contributed by atoms with Gasteiger partial charge < -0.3 is 5.11 Å². The van der Waals surface area contributed by atoms with Gasteiger partial charge in [0.05, 0.1) is 6.10 Å². The van der Waals surface area contributed by atoms with Crippen molar-refractivity contribution in [3.63, 3.8) is 0 Å².